The highest BCUT2D eigenvalue weighted by Crippen LogP contribution is 2.67. The first kappa shape index (κ1) is 38.3. The van der Waals surface area contributed by atoms with Gasteiger partial charge < -0.3 is 0 Å². The average Bonchev–Trinajstić information content (AvgIpc) is 2.79. The second-order valence-corrected chi connectivity index (χ2v) is 8.78. The van der Waals surface area contributed by atoms with E-state index in [1.165, 1.54) is 0 Å². The summed E-state index contributed by atoms with van der Waals surface area (Å²) >= 11 is 6.38. The Hall–Kier alpha value is -1.69. The van der Waals surface area contributed by atoms with E-state index in [4.69, 9.17) is 11.6 Å². The van der Waals surface area contributed by atoms with Crippen LogP contribution in [0.5, 0.6) is 0 Å². The van der Waals surface area contributed by atoms with Crippen LogP contribution in [0.2, 0.25) is 5.02 Å². The topological polar surface area (TPSA) is 0 Å². The minimum absolute atomic E-state index is 1.65. The van der Waals surface area contributed by atoms with Crippen LogP contribution >= 0.6 is 27.5 Å². The first-order valence-corrected chi connectivity index (χ1v) is 10.1. The van der Waals surface area contributed by atoms with Crippen LogP contribution in [0.15, 0.2) is 4.47 Å². The van der Waals surface area contributed by atoms with Gasteiger partial charge in [0.05, 0.1) is 15.1 Å². The lowest BCUT2D eigenvalue weighted by atomic mass is 9.85. The largest absolute Gasteiger partial charge is 0.460 e. The molecule has 0 aliphatic heterocycles. The maximum absolute atomic E-state index is 14.2. The molecule has 0 fully saturated rings. The van der Waals surface area contributed by atoms with E-state index in [0.717, 1.165) is 0 Å². The number of benzene rings is 1. The Bertz CT molecular complexity index is 1180. The van der Waals surface area contributed by atoms with Gasteiger partial charge in [-0.25, -0.2) is 13.2 Å². The average molecular weight is 763 g/mol. The van der Waals surface area contributed by atoms with Crippen molar-refractivity contribution in [3.8, 4) is 0 Å². The molecule has 0 aliphatic rings. The molecule has 26 heteroatoms. The van der Waals surface area contributed by atoms with E-state index in [9.17, 15) is 105 Å². The van der Waals surface area contributed by atoms with Crippen molar-refractivity contribution in [3.63, 3.8) is 0 Å². The lowest BCUT2D eigenvalue weighted by Gasteiger charge is -2.44. The third-order valence-corrected chi connectivity index (χ3v) is 6.39. The molecule has 0 unspecified atom stereocenters. The molecular formula is C16BrClF24. The molecule has 1 aromatic rings. The Kier molecular flexibility index (Phi) is 9.04. The molecule has 0 saturated carbocycles. The Morgan fingerprint density at radius 2 is 0.643 bits per heavy atom. The zero-order chi connectivity index (χ0) is 34.5. The van der Waals surface area contributed by atoms with Crippen molar-refractivity contribution in [1.82, 2.24) is 0 Å². The van der Waals surface area contributed by atoms with Gasteiger partial charge >= 0.3 is 59.5 Å². The summed E-state index contributed by atoms with van der Waals surface area (Å²) in [5, 5.41) is -2.67. The second kappa shape index (κ2) is 9.91. The van der Waals surface area contributed by atoms with E-state index in [2.05, 4.69) is 0 Å². The van der Waals surface area contributed by atoms with Crippen LogP contribution in [0.1, 0.15) is 5.56 Å². The summed E-state index contributed by atoms with van der Waals surface area (Å²) < 4.78 is 320. The van der Waals surface area contributed by atoms with Crippen molar-refractivity contribution in [2.45, 2.75) is 59.5 Å². The minimum atomic E-state index is -9.42. The third-order valence-electron chi connectivity index (χ3n) is 5.03. The van der Waals surface area contributed by atoms with E-state index >= 15 is 0 Å². The fraction of sp³-hybridized carbons (Fsp3) is 0.625. The van der Waals surface area contributed by atoms with Crippen molar-refractivity contribution in [2.75, 3.05) is 0 Å². The maximum Gasteiger partial charge on any atom is 0.460 e. The Morgan fingerprint density at radius 1 is 0.381 bits per heavy atom. The molecule has 0 nitrogen and oxygen atoms in total. The number of rotatable bonds is 9. The Labute approximate surface area is 225 Å². The van der Waals surface area contributed by atoms with Crippen LogP contribution in [0, 0.1) is 17.5 Å². The smallest absolute Gasteiger partial charge is 0.203 e. The predicted molar refractivity (Wildman–Crippen MR) is 88.6 cm³/mol. The molecular weight excluding hydrogens is 763 g/mol. The minimum Gasteiger partial charge on any atom is -0.203 e. The van der Waals surface area contributed by atoms with Gasteiger partial charge in [-0.2, -0.15) is 92.2 Å². The summed E-state index contributed by atoms with van der Waals surface area (Å²) in [4.78, 5) is 0. The number of hydrogen-bond donors (Lipinski definition) is 0. The van der Waals surface area contributed by atoms with Gasteiger partial charge in [-0.3, -0.25) is 0 Å². The molecule has 0 radical (unpaired) electrons. The summed E-state index contributed by atoms with van der Waals surface area (Å²) in [6.45, 7) is 0. The van der Waals surface area contributed by atoms with E-state index in [1.54, 1.807) is 15.9 Å². The van der Waals surface area contributed by atoms with Crippen LogP contribution in [0.3, 0.4) is 0 Å². The fourth-order valence-corrected chi connectivity index (χ4v) is 3.25. The van der Waals surface area contributed by atoms with Gasteiger partial charge in [0.1, 0.15) is 0 Å². The molecule has 246 valence electrons. The summed E-state index contributed by atoms with van der Waals surface area (Å²) in [6.07, 6.45) is -8.12. The van der Waals surface area contributed by atoms with E-state index in [0.29, 0.717) is 0 Å². The summed E-state index contributed by atoms with van der Waals surface area (Å²) in [6, 6.07) is 0. The van der Waals surface area contributed by atoms with Crippen molar-refractivity contribution in [1.29, 1.82) is 0 Å². The van der Waals surface area contributed by atoms with Crippen LogP contribution < -0.4 is 0 Å². The monoisotopic (exact) mass is 762 g/mol. The van der Waals surface area contributed by atoms with Crippen LogP contribution in [0.25, 0.3) is 0 Å². The summed E-state index contributed by atoms with van der Waals surface area (Å²) in [5.41, 5.74) is -3.83. The van der Waals surface area contributed by atoms with Gasteiger partial charge in [-0.05, 0) is 15.9 Å². The maximum atomic E-state index is 14.2. The first-order valence-electron chi connectivity index (χ1n) is 8.91. The molecule has 0 aromatic heterocycles. The Balaban J connectivity index is 4.01. The fourth-order valence-electron chi connectivity index (χ4n) is 2.60. The molecule has 0 spiro atoms. The van der Waals surface area contributed by atoms with Gasteiger partial charge in [0, 0.05) is 0 Å². The summed E-state index contributed by atoms with van der Waals surface area (Å²) in [7, 11) is 0. The summed E-state index contributed by atoms with van der Waals surface area (Å²) in [5.74, 6) is -90.3. The zero-order valence-electron chi connectivity index (χ0n) is 17.8. The molecule has 1 aromatic carbocycles. The van der Waals surface area contributed by atoms with E-state index in [-0.39, 0.29) is 0 Å². The number of alkyl halides is 21. The molecule has 0 atom stereocenters. The molecule has 0 heterocycles. The molecule has 0 saturated heterocycles. The SMILES string of the molecule is Fc1c(F)c(Br)c(Cl)c(C(F)(F)C(F)(F)C(F)(F)C(F)(F)C(F)(F)C(F)(F)C(F)(F)C(F)(F)C(F)(F)C(F)(F)F)c1F. The molecule has 0 bridgehead atoms. The quantitative estimate of drug-likeness (QED) is 0.134. The molecule has 42 heavy (non-hydrogen) atoms. The van der Waals surface area contributed by atoms with Crippen LogP contribution in [-0.2, 0) is 5.92 Å². The molecule has 1 rings (SSSR count). The predicted octanol–water partition coefficient (Wildman–Crippen LogP) is 10.3. The van der Waals surface area contributed by atoms with Crippen molar-refractivity contribution in [2.24, 2.45) is 0 Å². The van der Waals surface area contributed by atoms with Gasteiger partial charge in [0.15, 0.2) is 17.5 Å². The van der Waals surface area contributed by atoms with Crippen LogP contribution in [0.4, 0.5) is 105 Å². The van der Waals surface area contributed by atoms with Gasteiger partial charge in [0.25, 0.3) is 0 Å². The van der Waals surface area contributed by atoms with E-state index in [1.807, 2.05) is 0 Å². The lowest BCUT2D eigenvalue weighted by Crippen LogP contribution is -2.76. The molecule has 0 amide bonds. The highest BCUT2D eigenvalue weighted by molar-refractivity contribution is 9.10. The highest BCUT2D eigenvalue weighted by atomic mass is 79.9. The van der Waals surface area contributed by atoms with Crippen molar-refractivity contribution < 1.29 is 105 Å². The normalized spacial score (nSPS) is 15.9. The van der Waals surface area contributed by atoms with Crippen molar-refractivity contribution in [3.05, 3.63) is 32.5 Å². The van der Waals surface area contributed by atoms with Crippen molar-refractivity contribution >= 4 is 27.5 Å². The highest BCUT2D eigenvalue weighted by Gasteiger charge is 2.98. The van der Waals surface area contributed by atoms with Gasteiger partial charge in [0.2, 0.25) is 0 Å². The number of halogens is 26. The third kappa shape index (κ3) is 4.46. The second-order valence-electron chi connectivity index (χ2n) is 7.61. The number of hydrogen-bond acceptors (Lipinski definition) is 0. The van der Waals surface area contributed by atoms with Gasteiger partial charge in [-0.15, -0.1) is 0 Å². The van der Waals surface area contributed by atoms with Crippen LogP contribution in [-0.4, -0.2) is 53.6 Å². The lowest BCUT2D eigenvalue weighted by molar-refractivity contribution is -0.475. The standard InChI is InChI=1S/C16BrClF24/c17-2-3(18)1(4(19)6(21)5(2)20)7(22,23)8(24,25)9(26,27)10(28,29)11(30,31)12(32,33)13(34,35)14(36,37)15(38,39)16(40,41)42. The first-order chi connectivity index (χ1) is 17.9. The Morgan fingerprint density at radius 3 is 0.929 bits per heavy atom. The molecule has 0 aliphatic carbocycles. The molecule has 0 N–H and O–H groups in total. The van der Waals surface area contributed by atoms with Gasteiger partial charge in [-0.1, -0.05) is 11.6 Å². The zero-order valence-corrected chi connectivity index (χ0v) is 20.2. The van der Waals surface area contributed by atoms with E-state index < -0.39 is 92.0 Å².